The summed E-state index contributed by atoms with van der Waals surface area (Å²) >= 11 is 5.62. The summed E-state index contributed by atoms with van der Waals surface area (Å²) in [6.45, 7) is 0. The highest BCUT2D eigenvalue weighted by atomic mass is 35.5. The molecule has 0 bridgehead atoms. The van der Waals surface area contributed by atoms with Crippen molar-refractivity contribution in [1.29, 1.82) is 0 Å². The Morgan fingerprint density at radius 1 is 1.37 bits per heavy atom. The summed E-state index contributed by atoms with van der Waals surface area (Å²) in [5.74, 6) is -0.816. The van der Waals surface area contributed by atoms with E-state index in [1.165, 1.54) is 25.4 Å². The second kappa shape index (κ2) is 5.67. The third kappa shape index (κ3) is 3.20. The first-order valence-electron chi connectivity index (χ1n) is 5.36. The van der Waals surface area contributed by atoms with E-state index in [1.54, 1.807) is 12.1 Å². The van der Waals surface area contributed by atoms with E-state index in [1.807, 2.05) is 0 Å². The van der Waals surface area contributed by atoms with Crippen LogP contribution in [0.1, 0.15) is 10.4 Å². The number of pyridine rings is 1. The molecule has 0 spiro atoms. The van der Waals surface area contributed by atoms with Gasteiger partial charge in [-0.3, -0.25) is 4.79 Å². The molecule has 6 heteroatoms. The van der Waals surface area contributed by atoms with E-state index in [-0.39, 0.29) is 10.6 Å². The first-order chi connectivity index (χ1) is 9.10. The monoisotopic (exact) mass is 280 g/mol. The SMILES string of the molecule is COc1ccc(NC(=O)c2ccc(Cl)cc2F)cn1. The molecule has 2 rings (SSSR count). The van der Waals surface area contributed by atoms with Crippen molar-refractivity contribution in [3.63, 3.8) is 0 Å². The molecule has 1 aromatic heterocycles. The predicted molar refractivity (Wildman–Crippen MR) is 70.2 cm³/mol. The lowest BCUT2D eigenvalue weighted by Crippen LogP contribution is -2.13. The number of ether oxygens (including phenoxy) is 1. The normalized spacial score (nSPS) is 10.1. The fourth-order valence-electron chi connectivity index (χ4n) is 1.45. The molecule has 0 aliphatic carbocycles. The van der Waals surface area contributed by atoms with Crippen molar-refractivity contribution in [2.75, 3.05) is 12.4 Å². The number of nitrogens with zero attached hydrogens (tertiary/aromatic N) is 1. The second-order valence-corrected chi connectivity index (χ2v) is 4.10. The maximum Gasteiger partial charge on any atom is 0.258 e. The summed E-state index contributed by atoms with van der Waals surface area (Å²) in [4.78, 5) is 15.8. The average Bonchev–Trinajstić information content (AvgIpc) is 2.39. The van der Waals surface area contributed by atoms with Crippen LogP contribution in [0.3, 0.4) is 0 Å². The van der Waals surface area contributed by atoms with Gasteiger partial charge in [-0.25, -0.2) is 9.37 Å². The van der Waals surface area contributed by atoms with Crippen molar-refractivity contribution in [2.45, 2.75) is 0 Å². The van der Waals surface area contributed by atoms with Crippen molar-refractivity contribution < 1.29 is 13.9 Å². The maximum absolute atomic E-state index is 13.5. The zero-order valence-electron chi connectivity index (χ0n) is 9.98. The van der Waals surface area contributed by atoms with E-state index in [4.69, 9.17) is 16.3 Å². The lowest BCUT2D eigenvalue weighted by atomic mass is 10.2. The molecule has 4 nitrogen and oxygen atoms in total. The fourth-order valence-corrected chi connectivity index (χ4v) is 1.61. The number of rotatable bonds is 3. The number of aromatic nitrogens is 1. The van der Waals surface area contributed by atoms with Gasteiger partial charge in [0, 0.05) is 11.1 Å². The van der Waals surface area contributed by atoms with E-state index in [9.17, 15) is 9.18 Å². The van der Waals surface area contributed by atoms with Gasteiger partial charge in [0.1, 0.15) is 5.82 Å². The van der Waals surface area contributed by atoms with Crippen LogP contribution < -0.4 is 10.1 Å². The number of carbonyl (C=O) groups excluding carboxylic acids is 1. The average molecular weight is 281 g/mol. The quantitative estimate of drug-likeness (QED) is 0.940. The Balaban J connectivity index is 2.15. The van der Waals surface area contributed by atoms with Crippen LogP contribution in [0, 0.1) is 5.82 Å². The van der Waals surface area contributed by atoms with Gasteiger partial charge in [-0.05, 0) is 24.3 Å². The van der Waals surface area contributed by atoms with Gasteiger partial charge in [0.05, 0.1) is 24.6 Å². The summed E-state index contributed by atoms with van der Waals surface area (Å²) < 4.78 is 18.4. The molecule has 0 aliphatic heterocycles. The van der Waals surface area contributed by atoms with Gasteiger partial charge < -0.3 is 10.1 Å². The Kier molecular flexibility index (Phi) is 3.97. The molecular formula is C13H10ClFN2O2. The molecule has 0 atom stereocenters. The summed E-state index contributed by atoms with van der Waals surface area (Å²) in [7, 11) is 1.49. The molecule has 2 aromatic rings. The number of methoxy groups -OCH3 is 1. The van der Waals surface area contributed by atoms with E-state index in [0.717, 1.165) is 6.07 Å². The van der Waals surface area contributed by atoms with Crippen LogP contribution in [0.5, 0.6) is 5.88 Å². The van der Waals surface area contributed by atoms with Crippen LogP contribution in [0.2, 0.25) is 5.02 Å². The third-order valence-electron chi connectivity index (χ3n) is 2.38. The van der Waals surface area contributed by atoms with Crippen LogP contribution in [0.4, 0.5) is 10.1 Å². The summed E-state index contributed by atoms with van der Waals surface area (Å²) in [5, 5.41) is 2.77. The highest BCUT2D eigenvalue weighted by Gasteiger charge is 2.12. The van der Waals surface area contributed by atoms with Crippen molar-refractivity contribution in [1.82, 2.24) is 4.98 Å². The maximum atomic E-state index is 13.5. The molecule has 0 saturated heterocycles. The fraction of sp³-hybridized carbons (Fsp3) is 0.0769. The van der Waals surface area contributed by atoms with Crippen LogP contribution in [-0.4, -0.2) is 18.0 Å². The Bertz CT molecular complexity index is 602. The molecule has 0 radical (unpaired) electrons. The number of carbonyl (C=O) groups is 1. The highest BCUT2D eigenvalue weighted by molar-refractivity contribution is 6.30. The van der Waals surface area contributed by atoms with Gasteiger partial charge >= 0.3 is 0 Å². The molecule has 1 heterocycles. The minimum Gasteiger partial charge on any atom is -0.481 e. The van der Waals surface area contributed by atoms with Crippen molar-refractivity contribution >= 4 is 23.2 Å². The second-order valence-electron chi connectivity index (χ2n) is 3.67. The predicted octanol–water partition coefficient (Wildman–Crippen LogP) is 3.14. The minimum atomic E-state index is -0.675. The van der Waals surface area contributed by atoms with Gasteiger partial charge in [-0.1, -0.05) is 11.6 Å². The van der Waals surface area contributed by atoms with E-state index in [2.05, 4.69) is 10.3 Å². The molecule has 1 N–H and O–H groups in total. The van der Waals surface area contributed by atoms with Gasteiger partial charge in [-0.15, -0.1) is 0 Å². The topological polar surface area (TPSA) is 51.2 Å². The first kappa shape index (κ1) is 13.3. The van der Waals surface area contributed by atoms with Gasteiger partial charge in [-0.2, -0.15) is 0 Å². The lowest BCUT2D eigenvalue weighted by molar-refractivity contribution is 0.102. The van der Waals surface area contributed by atoms with Crippen molar-refractivity contribution in [3.8, 4) is 5.88 Å². The highest BCUT2D eigenvalue weighted by Crippen LogP contribution is 2.17. The number of benzene rings is 1. The Morgan fingerprint density at radius 2 is 2.16 bits per heavy atom. The minimum absolute atomic E-state index is 0.0831. The molecular weight excluding hydrogens is 271 g/mol. The number of halogens is 2. The van der Waals surface area contributed by atoms with Gasteiger partial charge in [0.25, 0.3) is 5.91 Å². The Labute approximate surface area is 114 Å². The molecule has 0 aliphatic rings. The van der Waals surface area contributed by atoms with Crippen LogP contribution in [0.25, 0.3) is 0 Å². The van der Waals surface area contributed by atoms with Crippen molar-refractivity contribution in [3.05, 3.63) is 52.9 Å². The Morgan fingerprint density at radius 3 is 2.74 bits per heavy atom. The summed E-state index contributed by atoms with van der Waals surface area (Å²) in [6.07, 6.45) is 1.42. The first-order valence-corrected chi connectivity index (χ1v) is 5.74. The van der Waals surface area contributed by atoms with Crippen molar-refractivity contribution in [2.24, 2.45) is 0 Å². The molecule has 98 valence electrons. The van der Waals surface area contributed by atoms with Gasteiger partial charge in [0.15, 0.2) is 0 Å². The van der Waals surface area contributed by atoms with Gasteiger partial charge in [0.2, 0.25) is 5.88 Å². The Hall–Kier alpha value is -2.14. The lowest BCUT2D eigenvalue weighted by Gasteiger charge is -2.06. The number of hydrogen-bond acceptors (Lipinski definition) is 3. The third-order valence-corrected chi connectivity index (χ3v) is 2.61. The molecule has 1 amide bonds. The van der Waals surface area contributed by atoms with Crippen LogP contribution in [0.15, 0.2) is 36.5 Å². The molecule has 0 saturated carbocycles. The smallest absolute Gasteiger partial charge is 0.258 e. The number of hydrogen-bond donors (Lipinski definition) is 1. The van der Waals surface area contributed by atoms with Crippen LogP contribution >= 0.6 is 11.6 Å². The molecule has 0 unspecified atom stereocenters. The van der Waals surface area contributed by atoms with E-state index >= 15 is 0 Å². The zero-order chi connectivity index (χ0) is 13.8. The largest absolute Gasteiger partial charge is 0.481 e. The summed E-state index contributed by atoms with van der Waals surface area (Å²) in [6, 6.07) is 7.06. The van der Waals surface area contributed by atoms with E-state index in [0.29, 0.717) is 11.6 Å². The summed E-state index contributed by atoms with van der Waals surface area (Å²) in [5.41, 5.74) is 0.361. The standard InChI is InChI=1S/C13H10ClFN2O2/c1-19-12-5-3-9(7-16-12)17-13(18)10-4-2-8(14)6-11(10)15/h2-7H,1H3,(H,17,18). The number of nitrogens with one attached hydrogen (secondary N) is 1. The number of amides is 1. The molecule has 1 aromatic carbocycles. The van der Waals surface area contributed by atoms with E-state index < -0.39 is 11.7 Å². The zero-order valence-corrected chi connectivity index (χ0v) is 10.7. The molecule has 0 fully saturated rings. The molecule has 19 heavy (non-hydrogen) atoms. The van der Waals surface area contributed by atoms with Crippen LogP contribution in [-0.2, 0) is 0 Å². The number of anilines is 1.